The van der Waals surface area contributed by atoms with Crippen molar-refractivity contribution >= 4 is 10.9 Å². The van der Waals surface area contributed by atoms with Crippen molar-refractivity contribution in [3.05, 3.63) is 23.4 Å². The third-order valence-corrected chi connectivity index (χ3v) is 6.60. The van der Waals surface area contributed by atoms with Crippen molar-refractivity contribution in [3.63, 3.8) is 0 Å². The van der Waals surface area contributed by atoms with Crippen molar-refractivity contribution in [1.82, 2.24) is 10.2 Å². The second-order valence-corrected chi connectivity index (χ2v) is 8.90. The zero-order valence-electron chi connectivity index (χ0n) is 17.7. The fraction of sp³-hybridized carbons (Fsp3) is 0.682. The number of nitrogens with one attached hydrogen (secondary N) is 1. The Morgan fingerprint density at radius 3 is 2.65 bits per heavy atom. The van der Waals surface area contributed by atoms with E-state index in [0.717, 1.165) is 24.1 Å². The van der Waals surface area contributed by atoms with Crippen molar-refractivity contribution < 1.29 is 35.0 Å². The van der Waals surface area contributed by atoms with Crippen LogP contribution in [-0.4, -0.2) is 72.7 Å². The first-order valence-electron chi connectivity index (χ1n) is 11.0. The van der Waals surface area contributed by atoms with Gasteiger partial charge in [-0.25, -0.2) is 0 Å². The second kappa shape index (κ2) is 9.01. The highest BCUT2D eigenvalue weighted by Gasteiger charge is 2.57. The molecule has 2 fully saturated rings. The van der Waals surface area contributed by atoms with Crippen LogP contribution in [0.3, 0.4) is 0 Å². The Kier molecular flexibility index (Phi) is 6.52. The number of rotatable bonds is 6. The maximum atomic E-state index is 10.9. The molecule has 2 aliphatic rings. The molecular formula is C22H32N2O7. The highest BCUT2D eigenvalue weighted by atomic mass is 16.7. The van der Waals surface area contributed by atoms with Crippen molar-refractivity contribution in [2.75, 3.05) is 6.61 Å². The van der Waals surface area contributed by atoms with E-state index in [1.807, 2.05) is 13.0 Å². The highest BCUT2D eigenvalue weighted by Crippen LogP contribution is 2.37. The fourth-order valence-electron chi connectivity index (χ4n) is 4.78. The number of H-pyrrole nitrogens is 1. The van der Waals surface area contributed by atoms with Gasteiger partial charge in [-0.3, -0.25) is 5.10 Å². The number of aromatic amines is 1. The van der Waals surface area contributed by atoms with Gasteiger partial charge in [-0.1, -0.05) is 32.1 Å². The molecule has 172 valence electrons. The summed E-state index contributed by atoms with van der Waals surface area (Å²) in [5.74, 6) is -1.73. The summed E-state index contributed by atoms with van der Waals surface area (Å²) in [5.41, 5.74) is 2.32. The maximum absolute atomic E-state index is 10.9. The summed E-state index contributed by atoms with van der Waals surface area (Å²) >= 11 is 0. The first-order chi connectivity index (χ1) is 14.8. The van der Waals surface area contributed by atoms with Crippen molar-refractivity contribution in [1.29, 1.82) is 0 Å². The molecular weight excluding hydrogens is 404 g/mol. The average molecular weight is 437 g/mol. The van der Waals surface area contributed by atoms with Gasteiger partial charge in [0.05, 0.1) is 23.2 Å². The number of aryl methyl sites for hydroxylation is 2. The Morgan fingerprint density at radius 2 is 1.94 bits per heavy atom. The summed E-state index contributed by atoms with van der Waals surface area (Å²) in [6.07, 6.45) is 1.25. The van der Waals surface area contributed by atoms with Gasteiger partial charge in [0.15, 0.2) is 6.10 Å². The smallest absolute Gasteiger partial charge is 0.288 e. The van der Waals surface area contributed by atoms with E-state index in [-0.39, 0.29) is 5.75 Å². The number of aliphatic hydroxyl groups excluding tert-OH is 4. The molecule has 31 heavy (non-hydrogen) atoms. The van der Waals surface area contributed by atoms with E-state index < -0.39 is 37.0 Å². The summed E-state index contributed by atoms with van der Waals surface area (Å²) in [5, 5.41) is 59.3. The van der Waals surface area contributed by atoms with Crippen LogP contribution in [0.25, 0.3) is 10.9 Å². The van der Waals surface area contributed by atoms with Gasteiger partial charge in [-0.15, -0.1) is 0 Å². The summed E-state index contributed by atoms with van der Waals surface area (Å²) < 4.78 is 10.8. The first-order valence-corrected chi connectivity index (χ1v) is 11.0. The summed E-state index contributed by atoms with van der Waals surface area (Å²) in [4.78, 5) is 0. The summed E-state index contributed by atoms with van der Waals surface area (Å²) in [7, 11) is 0. The van der Waals surface area contributed by atoms with Crippen LogP contribution in [0.4, 0.5) is 0 Å². The minimum Gasteiger partial charge on any atom is -0.453 e. The number of fused-ring (bicyclic) bond motifs is 1. The molecule has 1 saturated heterocycles. The average Bonchev–Trinajstić information content (AvgIpc) is 3.17. The van der Waals surface area contributed by atoms with Gasteiger partial charge in [0.1, 0.15) is 18.0 Å². The third-order valence-electron chi connectivity index (χ3n) is 6.60. The molecule has 2 aromatic rings. The van der Waals surface area contributed by atoms with E-state index in [1.54, 1.807) is 6.07 Å². The molecule has 1 saturated carbocycles. The van der Waals surface area contributed by atoms with E-state index in [4.69, 9.17) is 9.47 Å². The van der Waals surface area contributed by atoms with E-state index in [2.05, 4.69) is 10.2 Å². The van der Waals surface area contributed by atoms with Crippen molar-refractivity contribution in [3.8, 4) is 5.75 Å². The quantitative estimate of drug-likeness (QED) is 0.366. The van der Waals surface area contributed by atoms with Crippen molar-refractivity contribution in [2.45, 2.75) is 82.3 Å². The normalized spacial score (nSPS) is 32.5. The number of aliphatic hydroxyl groups is 5. The molecule has 9 nitrogen and oxygen atoms in total. The van der Waals surface area contributed by atoms with Gasteiger partial charge in [-0.2, -0.15) is 5.10 Å². The van der Waals surface area contributed by atoms with Crippen LogP contribution in [-0.2, 0) is 11.2 Å². The molecule has 9 heteroatoms. The molecule has 1 aromatic heterocycles. The Morgan fingerprint density at radius 1 is 1.19 bits per heavy atom. The molecule has 0 spiro atoms. The predicted molar refractivity (Wildman–Crippen MR) is 111 cm³/mol. The lowest BCUT2D eigenvalue weighted by molar-refractivity contribution is -0.385. The molecule has 0 bridgehead atoms. The molecule has 2 heterocycles. The van der Waals surface area contributed by atoms with Gasteiger partial charge in [0, 0.05) is 0 Å². The van der Waals surface area contributed by atoms with Crippen LogP contribution < -0.4 is 4.74 Å². The monoisotopic (exact) mass is 436 g/mol. The second-order valence-electron chi connectivity index (χ2n) is 8.90. The van der Waals surface area contributed by atoms with E-state index in [1.165, 1.54) is 32.1 Å². The number of hydrogen-bond donors (Lipinski definition) is 6. The van der Waals surface area contributed by atoms with Gasteiger partial charge in [-0.05, 0) is 43.4 Å². The molecule has 0 unspecified atom stereocenters. The lowest BCUT2D eigenvalue weighted by Crippen LogP contribution is -2.69. The molecule has 6 N–H and O–H groups in total. The van der Waals surface area contributed by atoms with Crippen LogP contribution in [0.1, 0.15) is 49.8 Å². The molecule has 0 amide bonds. The largest absolute Gasteiger partial charge is 0.453 e. The van der Waals surface area contributed by atoms with Gasteiger partial charge < -0.3 is 35.0 Å². The summed E-state index contributed by atoms with van der Waals surface area (Å²) in [6.45, 7) is 1.22. The lowest BCUT2D eigenvalue weighted by atomic mass is 9.85. The maximum Gasteiger partial charge on any atom is 0.288 e. The van der Waals surface area contributed by atoms with Crippen LogP contribution in [0.2, 0.25) is 0 Å². The van der Waals surface area contributed by atoms with Gasteiger partial charge in [0.2, 0.25) is 6.29 Å². The predicted octanol–water partition coefficient (Wildman–Crippen LogP) is 0.883. The van der Waals surface area contributed by atoms with Crippen LogP contribution >= 0.6 is 0 Å². The summed E-state index contributed by atoms with van der Waals surface area (Å²) in [6, 6.07) is 3.59. The number of ether oxygens (including phenoxy) is 2. The van der Waals surface area contributed by atoms with Crippen LogP contribution in [0.15, 0.2) is 12.1 Å². The first kappa shape index (κ1) is 22.4. The van der Waals surface area contributed by atoms with Crippen LogP contribution in [0, 0.1) is 12.8 Å². The lowest BCUT2D eigenvalue weighted by Gasteiger charge is -2.45. The minimum absolute atomic E-state index is 0.223. The Hall–Kier alpha value is -1.75. The molecule has 4 rings (SSSR count). The molecule has 5 atom stereocenters. The van der Waals surface area contributed by atoms with E-state index >= 15 is 0 Å². The van der Waals surface area contributed by atoms with Gasteiger partial charge >= 0.3 is 0 Å². The fourth-order valence-corrected chi connectivity index (χ4v) is 4.78. The zero-order chi connectivity index (χ0) is 22.2. The highest BCUT2D eigenvalue weighted by molar-refractivity contribution is 5.88. The molecule has 1 aromatic carbocycles. The third kappa shape index (κ3) is 4.30. The van der Waals surface area contributed by atoms with Gasteiger partial charge in [0.25, 0.3) is 5.79 Å². The number of aromatic nitrogens is 2. The molecule has 0 radical (unpaired) electrons. The zero-order valence-corrected chi connectivity index (χ0v) is 17.7. The minimum atomic E-state index is -2.62. The Labute approximate surface area is 180 Å². The SMILES string of the molecule is Cc1cc(O[C@]2(O)[C@@H](O)O[C@H](CO)[C@@H](O)[C@@H]2O)c2c(CCC3CCCCC3)n[nH]c2c1. The van der Waals surface area contributed by atoms with Crippen LogP contribution in [0.5, 0.6) is 5.75 Å². The van der Waals surface area contributed by atoms with Crippen molar-refractivity contribution in [2.24, 2.45) is 5.92 Å². The number of nitrogens with zero attached hydrogens (tertiary/aromatic N) is 1. The topological polar surface area (TPSA) is 148 Å². The number of hydrogen-bond acceptors (Lipinski definition) is 8. The Bertz CT molecular complexity index is 897. The molecule has 1 aliphatic carbocycles. The number of benzene rings is 1. The van der Waals surface area contributed by atoms with E-state index in [9.17, 15) is 25.5 Å². The Balaban J connectivity index is 1.62. The standard InChI is InChI=1S/C22H32N2O7/c1-12-9-15-18(14(23-24-15)8-7-13-5-3-2-4-6-13)16(10-12)31-22(29)20(27)19(26)17(11-25)30-21(22)28/h9-10,13,17,19-21,25-29H,2-8,11H2,1H3,(H,23,24)/t17-,19-,20+,21+,22+/m1/s1. The van der Waals surface area contributed by atoms with E-state index in [0.29, 0.717) is 16.8 Å². The molecule has 1 aliphatic heterocycles.